The van der Waals surface area contributed by atoms with Crippen LogP contribution in [0.2, 0.25) is 0 Å². The molecule has 3 rings (SSSR count). The Hall–Kier alpha value is -3.40. The number of hydrogen-bond acceptors (Lipinski definition) is 4. The molecule has 0 saturated carbocycles. The zero-order valence-electron chi connectivity index (χ0n) is 16.9. The van der Waals surface area contributed by atoms with Crippen molar-refractivity contribution in [3.63, 3.8) is 0 Å². The number of carbonyl (C=O) groups is 1. The van der Waals surface area contributed by atoms with E-state index in [1.165, 1.54) is 0 Å². The summed E-state index contributed by atoms with van der Waals surface area (Å²) in [5.74, 6) is 0.0315. The van der Waals surface area contributed by atoms with E-state index in [1.807, 2.05) is 65.9 Å². The second-order valence-electron chi connectivity index (χ2n) is 7.01. The summed E-state index contributed by atoms with van der Waals surface area (Å²) in [5, 5.41) is 20.6. The molecule has 7 nitrogen and oxygen atoms in total. The van der Waals surface area contributed by atoms with Gasteiger partial charge < -0.3 is 5.32 Å². The lowest BCUT2D eigenvalue weighted by Crippen LogP contribution is -2.25. The second-order valence-corrected chi connectivity index (χ2v) is 7.01. The maximum Gasteiger partial charge on any atom is 0.220 e. The Morgan fingerprint density at radius 2 is 2.00 bits per heavy atom. The maximum atomic E-state index is 12.2. The number of benzene rings is 1. The van der Waals surface area contributed by atoms with Gasteiger partial charge in [0.25, 0.3) is 0 Å². The van der Waals surface area contributed by atoms with Crippen LogP contribution in [0.15, 0.2) is 42.7 Å². The number of nitriles is 1. The molecule has 1 N–H and O–H groups in total. The van der Waals surface area contributed by atoms with Gasteiger partial charge in [0.05, 0.1) is 36.6 Å². The summed E-state index contributed by atoms with van der Waals surface area (Å²) >= 11 is 0. The van der Waals surface area contributed by atoms with E-state index in [9.17, 15) is 4.79 Å². The van der Waals surface area contributed by atoms with E-state index in [2.05, 4.69) is 21.6 Å². The summed E-state index contributed by atoms with van der Waals surface area (Å²) < 4.78 is 3.70. The van der Waals surface area contributed by atoms with Gasteiger partial charge in [0.15, 0.2) is 0 Å². The van der Waals surface area contributed by atoms with Crippen molar-refractivity contribution in [3.05, 3.63) is 65.2 Å². The van der Waals surface area contributed by atoms with E-state index in [0.717, 1.165) is 34.6 Å². The fraction of sp³-hybridized carbons (Fsp3) is 0.364. The third kappa shape index (κ3) is 5.32. The topological polar surface area (TPSA) is 88.5 Å². The zero-order chi connectivity index (χ0) is 20.6. The molecule has 0 atom stereocenters. The van der Waals surface area contributed by atoms with Crippen LogP contribution in [0.3, 0.4) is 0 Å². The average molecular weight is 390 g/mol. The van der Waals surface area contributed by atoms with E-state index in [-0.39, 0.29) is 5.91 Å². The predicted octanol–water partition coefficient (Wildman–Crippen LogP) is 2.89. The number of nitrogens with one attached hydrogen (secondary N) is 1. The molecule has 2 heterocycles. The molecule has 150 valence electrons. The summed E-state index contributed by atoms with van der Waals surface area (Å²) in [6, 6.07) is 12.1. The van der Waals surface area contributed by atoms with Crippen molar-refractivity contribution in [1.29, 1.82) is 5.26 Å². The molecule has 0 aliphatic heterocycles. The smallest absolute Gasteiger partial charge is 0.220 e. The largest absolute Gasteiger partial charge is 0.356 e. The fourth-order valence-electron chi connectivity index (χ4n) is 3.35. The van der Waals surface area contributed by atoms with Crippen LogP contribution in [0.25, 0.3) is 5.69 Å². The summed E-state index contributed by atoms with van der Waals surface area (Å²) in [7, 11) is 0. The van der Waals surface area contributed by atoms with Crippen LogP contribution >= 0.6 is 0 Å². The van der Waals surface area contributed by atoms with Gasteiger partial charge in [-0.05, 0) is 49.9 Å². The summed E-state index contributed by atoms with van der Waals surface area (Å²) in [4.78, 5) is 12.2. The molecule has 7 heteroatoms. The molecular formula is C22H26N6O. The average Bonchev–Trinajstić information content (AvgIpc) is 3.30. The molecule has 0 saturated heterocycles. The molecule has 29 heavy (non-hydrogen) atoms. The second kappa shape index (κ2) is 9.69. The highest BCUT2D eigenvalue weighted by Crippen LogP contribution is 2.15. The van der Waals surface area contributed by atoms with Gasteiger partial charge in [-0.3, -0.25) is 9.48 Å². The van der Waals surface area contributed by atoms with Crippen molar-refractivity contribution >= 4 is 5.91 Å². The minimum absolute atomic E-state index is 0.0315. The Kier molecular flexibility index (Phi) is 6.80. The Morgan fingerprint density at radius 3 is 2.76 bits per heavy atom. The van der Waals surface area contributed by atoms with Gasteiger partial charge in [0.2, 0.25) is 5.91 Å². The molecule has 0 radical (unpaired) electrons. The first-order valence-corrected chi connectivity index (χ1v) is 9.84. The molecule has 0 aliphatic rings. The van der Waals surface area contributed by atoms with Crippen LogP contribution in [0, 0.1) is 25.2 Å². The van der Waals surface area contributed by atoms with Crippen LogP contribution in [0.4, 0.5) is 0 Å². The third-order valence-electron chi connectivity index (χ3n) is 4.96. The van der Waals surface area contributed by atoms with E-state index in [1.54, 1.807) is 0 Å². The molecule has 1 amide bonds. The van der Waals surface area contributed by atoms with E-state index in [4.69, 9.17) is 5.26 Å². The van der Waals surface area contributed by atoms with E-state index in [0.29, 0.717) is 32.4 Å². The number of amides is 1. The summed E-state index contributed by atoms with van der Waals surface area (Å²) in [5.41, 5.74) is 5.17. The molecular weight excluding hydrogens is 364 g/mol. The number of hydrogen-bond donors (Lipinski definition) is 1. The van der Waals surface area contributed by atoms with Gasteiger partial charge in [0, 0.05) is 24.9 Å². The fourth-order valence-corrected chi connectivity index (χ4v) is 3.35. The molecule has 0 fully saturated rings. The van der Waals surface area contributed by atoms with Crippen molar-refractivity contribution < 1.29 is 4.79 Å². The quantitative estimate of drug-likeness (QED) is 0.608. The van der Waals surface area contributed by atoms with Crippen molar-refractivity contribution in [1.82, 2.24) is 24.9 Å². The van der Waals surface area contributed by atoms with Crippen molar-refractivity contribution in [2.24, 2.45) is 0 Å². The van der Waals surface area contributed by atoms with Crippen LogP contribution in [0.5, 0.6) is 0 Å². The predicted molar refractivity (Wildman–Crippen MR) is 111 cm³/mol. The first-order valence-electron chi connectivity index (χ1n) is 9.84. The van der Waals surface area contributed by atoms with Crippen molar-refractivity contribution in [3.8, 4) is 11.8 Å². The number of aromatic nitrogens is 4. The Morgan fingerprint density at radius 1 is 1.21 bits per heavy atom. The molecule has 0 spiro atoms. The van der Waals surface area contributed by atoms with Gasteiger partial charge in [-0.2, -0.15) is 15.5 Å². The molecule has 0 aliphatic carbocycles. The van der Waals surface area contributed by atoms with Gasteiger partial charge in [-0.25, -0.2) is 4.68 Å². The zero-order valence-corrected chi connectivity index (χ0v) is 16.9. The van der Waals surface area contributed by atoms with Gasteiger partial charge in [-0.1, -0.05) is 18.2 Å². The lowest BCUT2D eigenvalue weighted by Gasteiger charge is -2.06. The van der Waals surface area contributed by atoms with Crippen LogP contribution in [0.1, 0.15) is 35.4 Å². The number of carbonyl (C=O) groups excluding carboxylic acids is 1. The van der Waals surface area contributed by atoms with Gasteiger partial charge in [-0.15, -0.1) is 0 Å². The molecule has 0 unspecified atom stereocenters. The number of aryl methyl sites for hydroxylation is 2. The highest BCUT2D eigenvalue weighted by atomic mass is 16.1. The first kappa shape index (κ1) is 20.3. The minimum atomic E-state index is 0.0315. The standard InChI is InChI=1S/C22H26N6O/c1-17-21(18(2)27(26-17)14-6-12-23)9-10-22(29)24-13-11-19-15-25-28(16-19)20-7-4-3-5-8-20/h3-5,7-8,15-16H,6,9-11,13-14H2,1-2H3,(H,24,29). The van der Waals surface area contributed by atoms with Gasteiger partial charge >= 0.3 is 0 Å². The molecule has 2 aromatic heterocycles. The highest BCUT2D eigenvalue weighted by Gasteiger charge is 2.13. The normalized spacial score (nSPS) is 10.7. The first-order chi connectivity index (χ1) is 14.1. The van der Waals surface area contributed by atoms with Crippen molar-refractivity contribution in [2.75, 3.05) is 6.54 Å². The monoisotopic (exact) mass is 390 g/mol. The Balaban J connectivity index is 1.45. The Bertz CT molecular complexity index is 996. The third-order valence-corrected chi connectivity index (χ3v) is 4.96. The Labute approximate surface area is 171 Å². The lowest BCUT2D eigenvalue weighted by molar-refractivity contribution is -0.121. The number of nitrogens with zero attached hydrogens (tertiary/aromatic N) is 5. The highest BCUT2D eigenvalue weighted by molar-refractivity contribution is 5.76. The summed E-state index contributed by atoms with van der Waals surface area (Å²) in [6.07, 6.45) is 6.08. The minimum Gasteiger partial charge on any atom is -0.356 e. The van der Waals surface area contributed by atoms with Gasteiger partial charge in [0.1, 0.15) is 0 Å². The molecule has 0 bridgehead atoms. The van der Waals surface area contributed by atoms with E-state index < -0.39 is 0 Å². The van der Waals surface area contributed by atoms with E-state index >= 15 is 0 Å². The summed E-state index contributed by atoms with van der Waals surface area (Å²) in [6.45, 7) is 5.12. The SMILES string of the molecule is Cc1nn(CCC#N)c(C)c1CCC(=O)NCCc1cnn(-c2ccccc2)c1. The number of rotatable bonds is 9. The number of para-hydroxylation sites is 1. The van der Waals surface area contributed by atoms with Crippen molar-refractivity contribution in [2.45, 2.75) is 46.1 Å². The molecule has 1 aromatic carbocycles. The van der Waals surface area contributed by atoms with Crippen LogP contribution in [-0.4, -0.2) is 32.0 Å². The maximum absolute atomic E-state index is 12.2. The molecule has 3 aromatic rings. The van der Waals surface area contributed by atoms with Crippen LogP contribution < -0.4 is 5.32 Å². The lowest BCUT2D eigenvalue weighted by atomic mass is 10.1. The van der Waals surface area contributed by atoms with Crippen LogP contribution in [-0.2, 0) is 24.2 Å².